The van der Waals surface area contributed by atoms with Crippen LogP contribution in [0.3, 0.4) is 0 Å². The van der Waals surface area contributed by atoms with Crippen LogP contribution in [-0.4, -0.2) is 43.8 Å². The number of benzene rings is 4. The summed E-state index contributed by atoms with van der Waals surface area (Å²) in [6, 6.07) is 28.1. The summed E-state index contributed by atoms with van der Waals surface area (Å²) >= 11 is 12.3. The van der Waals surface area contributed by atoms with Crippen LogP contribution in [0.5, 0.6) is 0 Å². The molecule has 0 saturated heterocycles. The van der Waals surface area contributed by atoms with Gasteiger partial charge >= 0.3 is 0 Å². The normalized spacial score (nSPS) is 12.6. The van der Waals surface area contributed by atoms with Gasteiger partial charge in [0.15, 0.2) is 0 Å². The highest BCUT2D eigenvalue weighted by atomic mass is 35.5. The number of nitrogens with one attached hydrogen (secondary N) is 1. The van der Waals surface area contributed by atoms with Crippen LogP contribution in [0.2, 0.25) is 10.0 Å². The minimum atomic E-state index is -4.19. The quantitative estimate of drug-likeness (QED) is 0.166. The largest absolute Gasteiger partial charge is 0.352 e. The molecule has 0 radical (unpaired) electrons. The van der Waals surface area contributed by atoms with Gasteiger partial charge in [-0.05, 0) is 79.9 Å². The van der Waals surface area contributed by atoms with Gasteiger partial charge in [0.2, 0.25) is 11.8 Å². The van der Waals surface area contributed by atoms with E-state index in [1.165, 1.54) is 17.0 Å². The maximum Gasteiger partial charge on any atom is 0.264 e. The van der Waals surface area contributed by atoms with Crippen molar-refractivity contribution in [2.75, 3.05) is 10.8 Å². The fourth-order valence-electron chi connectivity index (χ4n) is 4.76. The van der Waals surface area contributed by atoms with Gasteiger partial charge in [0.05, 0.1) is 10.6 Å². The number of hydrogen-bond acceptors (Lipinski definition) is 4. The summed E-state index contributed by atoms with van der Waals surface area (Å²) in [5.41, 5.74) is 2.76. The van der Waals surface area contributed by atoms with Crippen molar-refractivity contribution in [3.8, 4) is 0 Å². The van der Waals surface area contributed by atoms with Crippen molar-refractivity contribution < 1.29 is 18.0 Å². The third-order valence-electron chi connectivity index (χ3n) is 7.54. The Labute approximate surface area is 275 Å². The zero-order valence-electron chi connectivity index (χ0n) is 25.5. The number of aryl methyl sites for hydroxylation is 1. The first-order valence-corrected chi connectivity index (χ1v) is 16.9. The highest BCUT2D eigenvalue weighted by molar-refractivity contribution is 7.92. The minimum Gasteiger partial charge on any atom is -0.352 e. The Hall–Kier alpha value is -3.85. The van der Waals surface area contributed by atoms with E-state index in [0.717, 1.165) is 21.0 Å². The SMILES string of the molecule is CC[C@H](C)NC(=O)[C@H](Cc1ccccc1)N(Cc1ccc(Cl)cc1)C(=O)CN(c1ccc(Cl)cc1)S(=O)(=O)c1ccc(C)cc1. The number of amides is 2. The molecular formula is C35H37Cl2N3O4S. The van der Waals surface area contributed by atoms with Crippen LogP contribution in [0.25, 0.3) is 0 Å². The van der Waals surface area contributed by atoms with E-state index in [1.807, 2.05) is 51.1 Å². The lowest BCUT2D eigenvalue weighted by molar-refractivity contribution is -0.140. The molecule has 10 heteroatoms. The van der Waals surface area contributed by atoms with E-state index < -0.39 is 28.5 Å². The molecule has 4 aromatic rings. The van der Waals surface area contributed by atoms with Crippen molar-refractivity contribution in [3.63, 3.8) is 0 Å². The highest BCUT2D eigenvalue weighted by Crippen LogP contribution is 2.27. The molecule has 0 fully saturated rings. The molecule has 0 aromatic heterocycles. The number of sulfonamides is 1. The van der Waals surface area contributed by atoms with E-state index in [9.17, 15) is 18.0 Å². The number of carbonyl (C=O) groups excluding carboxylic acids is 2. The van der Waals surface area contributed by atoms with Gasteiger partial charge in [0, 0.05) is 29.1 Å². The van der Waals surface area contributed by atoms with Crippen molar-refractivity contribution in [2.45, 2.75) is 57.1 Å². The topological polar surface area (TPSA) is 86.8 Å². The van der Waals surface area contributed by atoms with Crippen LogP contribution < -0.4 is 9.62 Å². The molecule has 0 saturated carbocycles. The van der Waals surface area contributed by atoms with Gasteiger partial charge in [0.1, 0.15) is 12.6 Å². The van der Waals surface area contributed by atoms with Crippen molar-refractivity contribution in [1.82, 2.24) is 10.2 Å². The lowest BCUT2D eigenvalue weighted by Crippen LogP contribution is -2.54. The molecule has 4 rings (SSSR count). The average Bonchev–Trinajstić information content (AvgIpc) is 3.03. The third-order valence-corrected chi connectivity index (χ3v) is 9.83. The molecular weight excluding hydrogens is 629 g/mol. The second-order valence-corrected chi connectivity index (χ2v) is 13.7. The van der Waals surface area contributed by atoms with Crippen LogP contribution in [0.15, 0.2) is 108 Å². The number of hydrogen-bond donors (Lipinski definition) is 1. The van der Waals surface area contributed by atoms with Gasteiger partial charge < -0.3 is 10.2 Å². The van der Waals surface area contributed by atoms with Gasteiger partial charge in [0.25, 0.3) is 10.0 Å². The third kappa shape index (κ3) is 9.10. The Kier molecular flexibility index (Phi) is 11.7. The molecule has 0 aliphatic heterocycles. The van der Waals surface area contributed by atoms with E-state index in [0.29, 0.717) is 16.5 Å². The molecule has 0 spiro atoms. The summed E-state index contributed by atoms with van der Waals surface area (Å²) in [5, 5.41) is 3.99. The molecule has 0 unspecified atom stereocenters. The number of carbonyl (C=O) groups is 2. The standard InChI is InChI=1S/C35H37Cl2N3O4S/c1-4-26(3)38-35(42)33(22-27-8-6-5-7-9-27)39(23-28-12-14-29(36)15-13-28)34(41)24-40(31-18-16-30(37)17-19-31)45(43,44)32-20-10-25(2)11-21-32/h5-21,26,33H,4,22-24H2,1-3H3,(H,38,42)/t26-,33-/m0/s1. The first-order chi connectivity index (χ1) is 21.5. The predicted molar refractivity (Wildman–Crippen MR) is 181 cm³/mol. The van der Waals surface area contributed by atoms with Crippen molar-refractivity contribution in [3.05, 3.63) is 130 Å². The van der Waals surface area contributed by atoms with Crippen LogP contribution >= 0.6 is 23.2 Å². The fourth-order valence-corrected chi connectivity index (χ4v) is 6.42. The Morgan fingerprint density at radius 1 is 0.800 bits per heavy atom. The van der Waals surface area contributed by atoms with E-state index in [1.54, 1.807) is 60.7 Å². The summed E-state index contributed by atoms with van der Waals surface area (Å²) < 4.78 is 29.2. The first kappa shape index (κ1) is 34.0. The predicted octanol–water partition coefficient (Wildman–Crippen LogP) is 7.05. The van der Waals surface area contributed by atoms with Gasteiger partial charge in [-0.25, -0.2) is 8.42 Å². The molecule has 7 nitrogen and oxygen atoms in total. The number of anilines is 1. The Balaban J connectivity index is 1.80. The average molecular weight is 667 g/mol. The van der Waals surface area contributed by atoms with Gasteiger partial charge in [-0.1, -0.05) is 90.3 Å². The molecule has 0 aliphatic carbocycles. The van der Waals surface area contributed by atoms with Crippen LogP contribution in [0, 0.1) is 6.92 Å². The van der Waals surface area contributed by atoms with Gasteiger partial charge in [-0.2, -0.15) is 0 Å². The minimum absolute atomic E-state index is 0.0375. The molecule has 4 aromatic carbocycles. The molecule has 236 valence electrons. The summed E-state index contributed by atoms with van der Waals surface area (Å²) in [7, 11) is -4.19. The summed E-state index contributed by atoms with van der Waals surface area (Å²) in [5.74, 6) is -0.870. The zero-order valence-corrected chi connectivity index (χ0v) is 27.8. The highest BCUT2D eigenvalue weighted by Gasteiger charge is 2.35. The number of rotatable bonds is 13. The van der Waals surface area contributed by atoms with E-state index in [-0.39, 0.29) is 35.5 Å². The lowest BCUT2D eigenvalue weighted by Gasteiger charge is -2.34. The maximum absolute atomic E-state index is 14.5. The Bertz CT molecular complexity index is 1680. The number of halogens is 2. The molecule has 0 heterocycles. The van der Waals surface area contributed by atoms with Gasteiger partial charge in [-0.3, -0.25) is 13.9 Å². The van der Waals surface area contributed by atoms with Crippen LogP contribution in [0.1, 0.15) is 37.0 Å². The monoisotopic (exact) mass is 665 g/mol. The summed E-state index contributed by atoms with van der Waals surface area (Å²) in [4.78, 5) is 29.9. The van der Waals surface area contributed by atoms with Crippen LogP contribution in [0.4, 0.5) is 5.69 Å². The second kappa shape index (κ2) is 15.4. The van der Waals surface area contributed by atoms with Crippen molar-refractivity contribution in [1.29, 1.82) is 0 Å². The number of nitrogens with zero attached hydrogens (tertiary/aromatic N) is 2. The molecule has 1 N–H and O–H groups in total. The summed E-state index contributed by atoms with van der Waals surface area (Å²) in [6.07, 6.45) is 0.933. The second-order valence-electron chi connectivity index (χ2n) is 11.0. The molecule has 45 heavy (non-hydrogen) atoms. The maximum atomic E-state index is 14.5. The van der Waals surface area contributed by atoms with E-state index in [2.05, 4.69) is 5.32 Å². The molecule has 0 bridgehead atoms. The van der Waals surface area contributed by atoms with E-state index in [4.69, 9.17) is 23.2 Å². The lowest BCUT2D eigenvalue weighted by atomic mass is 10.0. The Morgan fingerprint density at radius 3 is 1.96 bits per heavy atom. The fraction of sp³-hybridized carbons (Fsp3) is 0.257. The first-order valence-electron chi connectivity index (χ1n) is 14.7. The smallest absolute Gasteiger partial charge is 0.264 e. The molecule has 2 amide bonds. The van der Waals surface area contributed by atoms with E-state index >= 15 is 0 Å². The van der Waals surface area contributed by atoms with Gasteiger partial charge in [-0.15, -0.1) is 0 Å². The van der Waals surface area contributed by atoms with Crippen LogP contribution in [-0.2, 0) is 32.6 Å². The summed E-state index contributed by atoms with van der Waals surface area (Å²) in [6.45, 7) is 5.24. The van der Waals surface area contributed by atoms with Crippen molar-refractivity contribution >= 4 is 50.7 Å². The molecule has 0 aliphatic rings. The zero-order chi connectivity index (χ0) is 32.6. The Morgan fingerprint density at radius 2 is 1.38 bits per heavy atom. The molecule has 2 atom stereocenters. The van der Waals surface area contributed by atoms with Crippen molar-refractivity contribution in [2.24, 2.45) is 0 Å².